The maximum absolute atomic E-state index is 14.2. The van der Waals surface area contributed by atoms with Crippen molar-refractivity contribution in [1.82, 2.24) is 19.4 Å². The average Bonchev–Trinajstić information content (AvgIpc) is 3.63. The Kier molecular flexibility index (Phi) is 7.51. The second kappa shape index (κ2) is 10.5. The number of hydroxylamine groups is 2. The Morgan fingerprint density at radius 2 is 2.05 bits per heavy atom. The quantitative estimate of drug-likeness (QED) is 0.125. The number of hydrogen-bond donors (Lipinski definition) is 0. The maximum atomic E-state index is 14.2. The Morgan fingerprint density at radius 3 is 2.78 bits per heavy atom. The van der Waals surface area contributed by atoms with Crippen molar-refractivity contribution in [2.24, 2.45) is 5.16 Å². The number of aromatic nitrogens is 3. The van der Waals surface area contributed by atoms with Gasteiger partial charge in [0.15, 0.2) is 12.3 Å². The van der Waals surface area contributed by atoms with Crippen LogP contribution in [0.5, 0.6) is 0 Å². The number of quaternary nitrogens is 1. The number of thioether (sulfide) groups is 1. The molecule has 3 unspecified atom stereocenters. The van der Waals surface area contributed by atoms with Crippen molar-refractivity contribution >= 4 is 45.5 Å². The van der Waals surface area contributed by atoms with E-state index < -0.39 is 41.2 Å². The van der Waals surface area contributed by atoms with Crippen molar-refractivity contribution in [2.45, 2.75) is 55.7 Å². The summed E-state index contributed by atoms with van der Waals surface area (Å²) in [5.41, 5.74) is 0.327. The molecule has 0 bridgehead atoms. The van der Waals surface area contributed by atoms with Crippen molar-refractivity contribution in [3.05, 3.63) is 62.5 Å². The molecule has 0 spiro atoms. The third kappa shape index (κ3) is 4.87. The van der Waals surface area contributed by atoms with Crippen LogP contribution >= 0.6 is 34.7 Å². The summed E-state index contributed by atoms with van der Waals surface area (Å²) in [6.45, 7) is 0.0620. The molecule has 0 aliphatic carbocycles. The third-order valence-electron chi connectivity index (χ3n) is 6.53. The highest BCUT2D eigenvalue weighted by Gasteiger charge is 2.42. The first kappa shape index (κ1) is 26.4. The van der Waals surface area contributed by atoms with Crippen LogP contribution in [-0.4, -0.2) is 33.3 Å². The lowest BCUT2D eigenvalue weighted by Crippen LogP contribution is -2.52. The molecule has 1 aromatic carbocycles. The molecule has 37 heavy (non-hydrogen) atoms. The van der Waals surface area contributed by atoms with Crippen LogP contribution in [0.3, 0.4) is 0 Å². The number of nitrogens with zero attached hydrogens (tertiary/aromatic N) is 5. The molecule has 0 amide bonds. The standard InChI is InChI=1S/C23H22ClF4N5O2S2/c1-36-18-6-4-5-12(24)20(18)17-10-13(31-35-17)15-11-37-23(29-15)33(34)8-3-2-7-19(33)32-16(22(27)28)9-14(30-32)21(25)26/h4-6,9,11,17,19,21-22H,2-3,7-8,10H2,1H3. The summed E-state index contributed by atoms with van der Waals surface area (Å²) in [6.07, 6.45) is -3.98. The number of piperidine rings is 1. The molecule has 3 atom stereocenters. The fourth-order valence-electron chi connectivity index (χ4n) is 4.75. The Labute approximate surface area is 223 Å². The molecular weight excluding hydrogens is 554 g/mol. The summed E-state index contributed by atoms with van der Waals surface area (Å²) in [4.78, 5) is 11.2. The largest absolute Gasteiger partial charge is 0.624 e. The van der Waals surface area contributed by atoms with Gasteiger partial charge in [0.05, 0.1) is 6.54 Å². The van der Waals surface area contributed by atoms with Crippen LogP contribution in [0.4, 0.5) is 22.7 Å². The van der Waals surface area contributed by atoms with E-state index in [4.69, 9.17) is 16.4 Å². The summed E-state index contributed by atoms with van der Waals surface area (Å²) in [7, 11) is 0. The van der Waals surface area contributed by atoms with Crippen LogP contribution in [0.15, 0.2) is 39.7 Å². The van der Waals surface area contributed by atoms with Gasteiger partial charge in [-0.3, -0.25) is 4.65 Å². The Balaban J connectivity index is 1.43. The fourth-order valence-corrected chi connectivity index (χ4v) is 6.73. The van der Waals surface area contributed by atoms with Crippen molar-refractivity contribution in [1.29, 1.82) is 0 Å². The van der Waals surface area contributed by atoms with Gasteiger partial charge in [0.1, 0.15) is 22.8 Å². The molecule has 0 saturated carbocycles. The van der Waals surface area contributed by atoms with Gasteiger partial charge in [-0.05, 0) is 37.3 Å². The van der Waals surface area contributed by atoms with Gasteiger partial charge in [-0.2, -0.15) is 10.1 Å². The van der Waals surface area contributed by atoms with Crippen LogP contribution in [0.1, 0.15) is 73.4 Å². The van der Waals surface area contributed by atoms with E-state index in [9.17, 15) is 22.8 Å². The lowest BCUT2D eigenvalue weighted by Gasteiger charge is -2.48. The fraction of sp³-hybridized carbons (Fsp3) is 0.435. The summed E-state index contributed by atoms with van der Waals surface area (Å²) < 4.78 is 53.7. The Hall–Kier alpha value is -2.19. The summed E-state index contributed by atoms with van der Waals surface area (Å²) in [6, 6.07) is 6.25. The predicted molar refractivity (Wildman–Crippen MR) is 135 cm³/mol. The monoisotopic (exact) mass is 575 g/mol. The number of benzene rings is 1. The minimum absolute atomic E-state index is 0.0620. The molecule has 2 aliphatic rings. The Morgan fingerprint density at radius 1 is 1.24 bits per heavy atom. The molecule has 0 N–H and O–H groups in total. The molecule has 198 valence electrons. The Bertz CT molecular complexity index is 1320. The molecule has 5 rings (SSSR count). The summed E-state index contributed by atoms with van der Waals surface area (Å²) >= 11 is 9.05. The number of oxime groups is 1. The van der Waals surface area contributed by atoms with Gasteiger partial charge < -0.3 is 10.0 Å². The number of thiazole rings is 1. The SMILES string of the molecule is CSc1cccc(Cl)c1C1CC(c2csc([N+]3([O-])CCCCC3n3nc(C(F)F)cc3C(F)F)n2)=NO1. The highest BCUT2D eigenvalue weighted by molar-refractivity contribution is 7.98. The van der Waals surface area contributed by atoms with Gasteiger partial charge >= 0.3 is 0 Å². The number of halogens is 5. The van der Waals surface area contributed by atoms with Gasteiger partial charge in [0.2, 0.25) is 0 Å². The zero-order valence-corrected chi connectivity index (χ0v) is 21.9. The van der Waals surface area contributed by atoms with E-state index >= 15 is 0 Å². The van der Waals surface area contributed by atoms with Gasteiger partial charge in [-0.1, -0.05) is 34.2 Å². The first-order chi connectivity index (χ1) is 17.7. The number of hydrogen-bond acceptors (Lipinski definition) is 7. The van der Waals surface area contributed by atoms with Crippen LogP contribution < -0.4 is 4.65 Å². The van der Waals surface area contributed by atoms with Gasteiger partial charge in [0, 0.05) is 33.7 Å². The molecule has 1 saturated heterocycles. The smallest absolute Gasteiger partial charge is 0.288 e. The van der Waals surface area contributed by atoms with E-state index in [0.717, 1.165) is 26.5 Å². The van der Waals surface area contributed by atoms with Crippen LogP contribution in [-0.2, 0) is 4.84 Å². The first-order valence-electron chi connectivity index (χ1n) is 11.5. The first-order valence-corrected chi connectivity index (χ1v) is 14.0. The molecule has 2 aromatic heterocycles. The van der Waals surface area contributed by atoms with Gasteiger partial charge in [-0.25, -0.2) is 22.2 Å². The van der Waals surface area contributed by atoms with Gasteiger partial charge in [0.25, 0.3) is 18.0 Å². The van der Waals surface area contributed by atoms with E-state index in [1.54, 1.807) is 11.4 Å². The lowest BCUT2D eigenvalue weighted by atomic mass is 10.0. The highest BCUT2D eigenvalue weighted by atomic mass is 35.5. The van der Waals surface area contributed by atoms with Crippen molar-refractivity contribution in [3.63, 3.8) is 0 Å². The second-order valence-electron chi connectivity index (χ2n) is 8.74. The van der Waals surface area contributed by atoms with Crippen molar-refractivity contribution in [2.75, 3.05) is 12.8 Å². The zero-order chi connectivity index (χ0) is 26.3. The van der Waals surface area contributed by atoms with E-state index in [-0.39, 0.29) is 18.1 Å². The normalized spacial score (nSPS) is 24.1. The molecule has 4 heterocycles. The van der Waals surface area contributed by atoms with E-state index in [2.05, 4.69) is 15.2 Å². The van der Waals surface area contributed by atoms with Crippen molar-refractivity contribution in [3.8, 4) is 0 Å². The second-order valence-corrected chi connectivity index (χ2v) is 10.8. The molecule has 1 fully saturated rings. The molecular formula is C23H22ClF4N5O2S2. The predicted octanol–water partition coefficient (Wildman–Crippen LogP) is 7.64. The van der Waals surface area contributed by atoms with Crippen LogP contribution in [0, 0.1) is 5.21 Å². The van der Waals surface area contributed by atoms with Gasteiger partial charge in [-0.15, -0.1) is 11.8 Å². The van der Waals surface area contributed by atoms with E-state index in [0.29, 0.717) is 41.8 Å². The average molecular weight is 576 g/mol. The summed E-state index contributed by atoms with van der Waals surface area (Å²) in [5.74, 6) is 0. The minimum Gasteiger partial charge on any atom is -0.624 e. The third-order valence-corrected chi connectivity index (χ3v) is 8.61. The topological polar surface area (TPSA) is 75.4 Å². The maximum Gasteiger partial charge on any atom is 0.288 e. The molecule has 3 aromatic rings. The zero-order valence-electron chi connectivity index (χ0n) is 19.5. The van der Waals surface area contributed by atoms with Crippen LogP contribution in [0.2, 0.25) is 5.02 Å². The molecule has 2 aliphatic heterocycles. The minimum atomic E-state index is -3.06. The lowest BCUT2D eigenvalue weighted by molar-refractivity contribution is 0.0839. The molecule has 0 radical (unpaired) electrons. The molecule has 7 nitrogen and oxygen atoms in total. The summed E-state index contributed by atoms with van der Waals surface area (Å²) in [5, 5.41) is 24.4. The molecule has 14 heteroatoms. The van der Waals surface area contributed by atoms with E-state index in [1.807, 2.05) is 18.4 Å². The van der Waals surface area contributed by atoms with E-state index in [1.165, 1.54) is 11.8 Å². The van der Waals surface area contributed by atoms with Crippen LogP contribution in [0.25, 0.3) is 0 Å². The highest BCUT2D eigenvalue weighted by Crippen LogP contribution is 2.43. The number of alkyl halides is 4. The number of rotatable bonds is 7. The van der Waals surface area contributed by atoms with Crippen molar-refractivity contribution < 1.29 is 22.4 Å².